The third-order valence-corrected chi connectivity index (χ3v) is 3.62. The van der Waals surface area contributed by atoms with Crippen molar-refractivity contribution >= 4 is 6.03 Å². The predicted molar refractivity (Wildman–Crippen MR) is 83.4 cm³/mol. The van der Waals surface area contributed by atoms with Gasteiger partial charge in [0.1, 0.15) is 0 Å². The predicted octanol–water partition coefficient (Wildman–Crippen LogP) is 1.71. The number of ether oxygens (including phenoxy) is 2. The van der Waals surface area contributed by atoms with Gasteiger partial charge in [-0.05, 0) is 25.0 Å². The van der Waals surface area contributed by atoms with E-state index in [1.165, 1.54) is 0 Å². The number of amides is 2. The molecule has 2 amide bonds. The van der Waals surface area contributed by atoms with E-state index in [1.807, 2.05) is 25.1 Å². The molecule has 1 atom stereocenters. The molecule has 0 bridgehead atoms. The van der Waals surface area contributed by atoms with Crippen LogP contribution in [0.5, 0.6) is 0 Å². The second-order valence-corrected chi connectivity index (χ2v) is 5.85. The number of hydrogen-bond acceptors (Lipinski definition) is 4. The van der Waals surface area contributed by atoms with Gasteiger partial charge in [0.2, 0.25) is 0 Å². The van der Waals surface area contributed by atoms with Gasteiger partial charge in [0, 0.05) is 37.8 Å². The first-order chi connectivity index (χ1) is 10.6. The highest BCUT2D eigenvalue weighted by molar-refractivity contribution is 5.73. The molecule has 1 aliphatic heterocycles. The molecule has 1 aromatic heterocycles. The molecule has 0 spiro atoms. The Balaban J connectivity index is 1.59. The summed E-state index contributed by atoms with van der Waals surface area (Å²) in [5.74, 6) is -0.221. The summed E-state index contributed by atoms with van der Waals surface area (Å²) >= 11 is 0. The Hall–Kier alpha value is -1.66. The van der Waals surface area contributed by atoms with Crippen LogP contribution in [0.4, 0.5) is 4.79 Å². The molecule has 22 heavy (non-hydrogen) atoms. The maximum atomic E-state index is 11.7. The van der Waals surface area contributed by atoms with Crippen LogP contribution in [0, 0.1) is 5.92 Å². The average molecular weight is 307 g/mol. The smallest absolute Gasteiger partial charge is 0.314 e. The van der Waals surface area contributed by atoms with Crippen molar-refractivity contribution in [2.75, 3.05) is 26.3 Å². The van der Waals surface area contributed by atoms with Gasteiger partial charge in [-0.2, -0.15) is 0 Å². The fourth-order valence-corrected chi connectivity index (χ4v) is 2.56. The van der Waals surface area contributed by atoms with Gasteiger partial charge in [-0.15, -0.1) is 0 Å². The van der Waals surface area contributed by atoms with Crippen LogP contribution in [0.15, 0.2) is 24.4 Å². The Morgan fingerprint density at radius 2 is 2.14 bits per heavy atom. The summed E-state index contributed by atoms with van der Waals surface area (Å²) in [6.45, 7) is 6.47. The Bertz CT molecular complexity index is 461. The SMILES string of the molecule is CC(CNC(=O)NCCc1ccccn1)CC1(C)OCCO1. The molecule has 1 aliphatic rings. The Morgan fingerprint density at radius 3 is 2.82 bits per heavy atom. The highest BCUT2D eigenvalue weighted by Gasteiger charge is 2.32. The molecule has 122 valence electrons. The molecular weight excluding hydrogens is 282 g/mol. The van der Waals surface area contributed by atoms with Crippen LogP contribution in [0.2, 0.25) is 0 Å². The van der Waals surface area contributed by atoms with Crippen LogP contribution in [-0.2, 0) is 15.9 Å². The lowest BCUT2D eigenvalue weighted by Crippen LogP contribution is -2.40. The van der Waals surface area contributed by atoms with Gasteiger partial charge >= 0.3 is 6.03 Å². The number of hydrogen-bond donors (Lipinski definition) is 2. The minimum absolute atomic E-state index is 0.152. The summed E-state index contributed by atoms with van der Waals surface area (Å²) in [7, 11) is 0. The summed E-state index contributed by atoms with van der Waals surface area (Å²) in [6, 6.07) is 5.62. The van der Waals surface area contributed by atoms with Crippen molar-refractivity contribution in [2.45, 2.75) is 32.5 Å². The number of nitrogens with zero attached hydrogens (tertiary/aromatic N) is 1. The number of pyridine rings is 1. The summed E-state index contributed by atoms with van der Waals surface area (Å²) in [6.07, 6.45) is 3.25. The van der Waals surface area contributed by atoms with Crippen LogP contribution in [0.25, 0.3) is 0 Å². The highest BCUT2D eigenvalue weighted by atomic mass is 16.7. The van der Waals surface area contributed by atoms with E-state index in [4.69, 9.17) is 9.47 Å². The van der Waals surface area contributed by atoms with Gasteiger partial charge in [-0.1, -0.05) is 13.0 Å². The summed E-state index contributed by atoms with van der Waals surface area (Å²) in [4.78, 5) is 16.0. The first-order valence-corrected chi connectivity index (χ1v) is 7.77. The maximum Gasteiger partial charge on any atom is 0.314 e. The van der Waals surface area contributed by atoms with E-state index in [-0.39, 0.29) is 11.9 Å². The Labute approximate surface area is 131 Å². The van der Waals surface area contributed by atoms with Crippen molar-refractivity contribution in [3.8, 4) is 0 Å². The van der Waals surface area contributed by atoms with E-state index in [9.17, 15) is 4.79 Å². The number of urea groups is 1. The maximum absolute atomic E-state index is 11.7. The topological polar surface area (TPSA) is 72.5 Å². The van der Waals surface area contributed by atoms with Crippen LogP contribution < -0.4 is 10.6 Å². The molecule has 2 heterocycles. The minimum Gasteiger partial charge on any atom is -0.348 e. The quantitative estimate of drug-likeness (QED) is 0.804. The van der Waals surface area contributed by atoms with Crippen LogP contribution in [0.1, 0.15) is 26.0 Å². The van der Waals surface area contributed by atoms with Crippen molar-refractivity contribution < 1.29 is 14.3 Å². The van der Waals surface area contributed by atoms with Crippen molar-refractivity contribution in [3.05, 3.63) is 30.1 Å². The second-order valence-electron chi connectivity index (χ2n) is 5.85. The largest absolute Gasteiger partial charge is 0.348 e. The molecule has 6 nitrogen and oxygen atoms in total. The number of carbonyl (C=O) groups excluding carboxylic acids is 1. The van der Waals surface area contributed by atoms with E-state index < -0.39 is 5.79 Å². The van der Waals surface area contributed by atoms with Crippen molar-refractivity contribution in [3.63, 3.8) is 0 Å². The lowest BCUT2D eigenvalue weighted by molar-refractivity contribution is -0.153. The monoisotopic (exact) mass is 307 g/mol. The number of carbonyl (C=O) groups is 1. The number of rotatable bonds is 7. The summed E-state index contributed by atoms with van der Waals surface area (Å²) in [5.41, 5.74) is 0.972. The standard InChI is InChI=1S/C16H25N3O3/c1-13(11-16(2)21-9-10-22-16)12-19-15(20)18-8-6-14-5-3-4-7-17-14/h3-5,7,13H,6,8-12H2,1-2H3,(H2,18,19,20). The molecule has 2 N–H and O–H groups in total. The van der Waals surface area contributed by atoms with Gasteiger partial charge in [0.15, 0.2) is 5.79 Å². The van der Waals surface area contributed by atoms with E-state index >= 15 is 0 Å². The van der Waals surface area contributed by atoms with Gasteiger partial charge < -0.3 is 20.1 Å². The molecule has 6 heteroatoms. The molecule has 2 rings (SSSR count). The molecule has 0 saturated carbocycles. The van der Waals surface area contributed by atoms with Crippen molar-refractivity contribution in [2.24, 2.45) is 5.92 Å². The molecule has 0 radical (unpaired) electrons. The van der Waals surface area contributed by atoms with Crippen LogP contribution >= 0.6 is 0 Å². The summed E-state index contributed by atoms with van der Waals surface area (Å²) in [5, 5.41) is 5.72. The zero-order valence-corrected chi connectivity index (χ0v) is 13.3. The second kappa shape index (κ2) is 8.10. The number of aromatic nitrogens is 1. The van der Waals surface area contributed by atoms with E-state index in [1.54, 1.807) is 6.20 Å². The van der Waals surface area contributed by atoms with Gasteiger partial charge in [-0.3, -0.25) is 4.98 Å². The van der Waals surface area contributed by atoms with Gasteiger partial charge in [0.05, 0.1) is 13.2 Å². The zero-order valence-electron chi connectivity index (χ0n) is 13.3. The lowest BCUT2D eigenvalue weighted by Gasteiger charge is -2.26. The highest BCUT2D eigenvalue weighted by Crippen LogP contribution is 2.26. The van der Waals surface area contributed by atoms with Gasteiger partial charge in [-0.25, -0.2) is 4.79 Å². The first-order valence-electron chi connectivity index (χ1n) is 7.77. The van der Waals surface area contributed by atoms with Gasteiger partial charge in [0.25, 0.3) is 0 Å². The third kappa shape index (κ3) is 5.61. The average Bonchev–Trinajstić information content (AvgIpc) is 2.92. The van der Waals surface area contributed by atoms with Crippen LogP contribution in [0.3, 0.4) is 0 Å². The molecule has 0 aromatic carbocycles. The zero-order chi connectivity index (χ0) is 15.8. The molecule has 1 unspecified atom stereocenters. The fourth-order valence-electron chi connectivity index (χ4n) is 2.56. The molecular formula is C16H25N3O3. The van der Waals surface area contributed by atoms with E-state index in [0.29, 0.717) is 26.3 Å². The molecule has 0 aliphatic carbocycles. The molecule has 1 fully saturated rings. The van der Waals surface area contributed by atoms with Crippen molar-refractivity contribution in [1.82, 2.24) is 15.6 Å². The Kier molecular flexibility index (Phi) is 6.15. The van der Waals surface area contributed by atoms with Crippen molar-refractivity contribution in [1.29, 1.82) is 0 Å². The molecule has 1 aromatic rings. The van der Waals surface area contributed by atoms with E-state index in [0.717, 1.165) is 18.5 Å². The fraction of sp³-hybridized carbons (Fsp3) is 0.625. The van der Waals surface area contributed by atoms with E-state index in [2.05, 4.69) is 22.5 Å². The Morgan fingerprint density at radius 1 is 1.36 bits per heavy atom. The molecule has 1 saturated heterocycles. The summed E-state index contributed by atoms with van der Waals surface area (Å²) < 4.78 is 11.1. The third-order valence-electron chi connectivity index (χ3n) is 3.62. The number of nitrogens with one attached hydrogen (secondary N) is 2. The van der Waals surface area contributed by atoms with Crippen LogP contribution in [-0.4, -0.2) is 43.1 Å². The first kappa shape index (κ1) is 16.7. The lowest BCUT2D eigenvalue weighted by atomic mass is 10.0. The minimum atomic E-state index is -0.503. The normalized spacial score (nSPS) is 17.9.